The third-order valence-corrected chi connectivity index (χ3v) is 3.43. The summed E-state index contributed by atoms with van der Waals surface area (Å²) in [6, 6.07) is 5.90. The highest BCUT2D eigenvalue weighted by Gasteiger charge is 2.15. The fourth-order valence-corrected chi connectivity index (χ4v) is 2.61. The van der Waals surface area contributed by atoms with Gasteiger partial charge in [0.25, 0.3) is 0 Å². The number of benzene rings is 1. The lowest BCUT2D eigenvalue weighted by atomic mass is 10.1. The van der Waals surface area contributed by atoms with E-state index in [4.69, 9.17) is 17.2 Å². The van der Waals surface area contributed by atoms with Crippen LogP contribution < -0.4 is 17.2 Å². The molecule has 0 fully saturated rings. The number of nitrogens with two attached hydrogens (primary N) is 3. The van der Waals surface area contributed by atoms with Crippen LogP contribution in [0.5, 0.6) is 0 Å². The second-order valence-electron chi connectivity index (χ2n) is 4.05. The van der Waals surface area contributed by atoms with Crippen molar-refractivity contribution in [3.63, 3.8) is 0 Å². The second kappa shape index (κ2) is 5.41. The number of anilines is 2. The number of halogens is 1. The zero-order valence-corrected chi connectivity index (χ0v) is 11.1. The molecule has 0 amide bonds. The molecular weight excluding hydrogens is 265 g/mol. The molecule has 0 radical (unpaired) electrons. The highest BCUT2D eigenvalue weighted by atomic mass is 32.2. The Hall–Kier alpha value is -1.86. The van der Waals surface area contributed by atoms with Crippen molar-refractivity contribution in [1.82, 2.24) is 9.97 Å². The Morgan fingerprint density at radius 2 is 1.84 bits per heavy atom. The number of aromatic nitrogens is 2. The minimum absolute atomic E-state index is 0.244. The van der Waals surface area contributed by atoms with Gasteiger partial charge in [-0.3, -0.25) is 0 Å². The monoisotopic (exact) mass is 279 g/mol. The van der Waals surface area contributed by atoms with E-state index < -0.39 is 0 Å². The van der Waals surface area contributed by atoms with Gasteiger partial charge < -0.3 is 17.2 Å². The Bertz CT molecular complexity index is 582. The summed E-state index contributed by atoms with van der Waals surface area (Å²) in [5, 5.41) is 0.296. The summed E-state index contributed by atoms with van der Waals surface area (Å²) in [5.74, 6) is 0.117. The molecule has 0 spiro atoms. The second-order valence-corrected chi connectivity index (χ2v) is 5.03. The third-order valence-electron chi connectivity index (χ3n) is 2.43. The lowest BCUT2D eigenvalue weighted by Gasteiger charge is -2.12. The molecule has 5 nitrogen and oxygen atoms in total. The van der Waals surface area contributed by atoms with E-state index in [2.05, 4.69) is 9.97 Å². The molecule has 0 aliphatic rings. The Morgan fingerprint density at radius 3 is 2.42 bits per heavy atom. The van der Waals surface area contributed by atoms with Crippen LogP contribution in [0.3, 0.4) is 0 Å². The van der Waals surface area contributed by atoms with Crippen molar-refractivity contribution in [3.05, 3.63) is 35.6 Å². The highest BCUT2D eigenvalue weighted by Crippen LogP contribution is 2.33. The van der Waals surface area contributed by atoms with Crippen LogP contribution in [0.15, 0.2) is 34.3 Å². The van der Waals surface area contributed by atoms with Gasteiger partial charge in [0.2, 0.25) is 0 Å². The predicted octanol–water partition coefficient (Wildman–Crippen LogP) is 1.95. The van der Waals surface area contributed by atoms with E-state index in [1.807, 2.05) is 0 Å². The molecule has 0 aliphatic carbocycles. The normalized spacial score (nSPS) is 12.4. The van der Waals surface area contributed by atoms with E-state index in [1.165, 1.54) is 12.1 Å². The topological polar surface area (TPSA) is 104 Å². The SMILES string of the molecule is C[C@@H](N)c1cccc(F)c1Sc1nc(N)cc(N)n1. The van der Waals surface area contributed by atoms with Crippen molar-refractivity contribution in [2.45, 2.75) is 23.0 Å². The van der Waals surface area contributed by atoms with Crippen molar-refractivity contribution in [2.24, 2.45) is 5.73 Å². The maximum absolute atomic E-state index is 13.9. The fraction of sp³-hybridized carbons (Fsp3) is 0.167. The molecule has 6 N–H and O–H groups in total. The summed E-state index contributed by atoms with van der Waals surface area (Å²) in [5.41, 5.74) is 17.7. The van der Waals surface area contributed by atoms with E-state index in [-0.39, 0.29) is 23.5 Å². The number of hydrogen-bond acceptors (Lipinski definition) is 6. The van der Waals surface area contributed by atoms with Gasteiger partial charge in [0, 0.05) is 12.1 Å². The standard InChI is InChI=1S/C12H14FN5S/c1-6(14)7-3-2-4-8(13)11(7)19-12-17-9(15)5-10(16)18-12/h2-6H,14H2,1H3,(H4,15,16,17,18)/t6-/m1/s1. The molecule has 0 aliphatic heterocycles. The van der Waals surface area contributed by atoms with Gasteiger partial charge in [-0.05, 0) is 30.3 Å². The smallest absolute Gasteiger partial charge is 0.196 e. The van der Waals surface area contributed by atoms with Crippen LogP contribution in [0.4, 0.5) is 16.0 Å². The van der Waals surface area contributed by atoms with Gasteiger partial charge >= 0.3 is 0 Å². The molecule has 19 heavy (non-hydrogen) atoms. The molecule has 0 unspecified atom stereocenters. The quantitative estimate of drug-likeness (QED) is 0.742. The van der Waals surface area contributed by atoms with Crippen molar-refractivity contribution in [2.75, 3.05) is 11.5 Å². The Kier molecular flexibility index (Phi) is 3.87. The minimum Gasteiger partial charge on any atom is -0.383 e. The van der Waals surface area contributed by atoms with Gasteiger partial charge in [0.15, 0.2) is 5.16 Å². The molecule has 0 saturated carbocycles. The van der Waals surface area contributed by atoms with Gasteiger partial charge in [-0.2, -0.15) is 0 Å². The van der Waals surface area contributed by atoms with E-state index >= 15 is 0 Å². The van der Waals surface area contributed by atoms with E-state index in [1.54, 1.807) is 19.1 Å². The Morgan fingerprint density at radius 1 is 1.21 bits per heavy atom. The number of nitrogen functional groups attached to an aromatic ring is 2. The Balaban J connectivity index is 2.42. The molecule has 0 saturated heterocycles. The lowest BCUT2D eigenvalue weighted by Crippen LogP contribution is -2.07. The van der Waals surface area contributed by atoms with Gasteiger partial charge in [0.05, 0.1) is 4.90 Å². The van der Waals surface area contributed by atoms with Crippen LogP contribution in [-0.4, -0.2) is 9.97 Å². The number of nitrogens with zero attached hydrogens (tertiary/aromatic N) is 2. The first-order chi connectivity index (χ1) is 8.97. The summed E-state index contributed by atoms with van der Waals surface area (Å²) >= 11 is 1.06. The average Bonchev–Trinajstić information content (AvgIpc) is 2.30. The first kappa shape index (κ1) is 13.6. The number of rotatable bonds is 3. The molecule has 7 heteroatoms. The molecule has 0 bridgehead atoms. The molecule has 100 valence electrons. The summed E-state index contributed by atoms with van der Waals surface area (Å²) < 4.78 is 13.9. The van der Waals surface area contributed by atoms with Crippen LogP contribution >= 0.6 is 11.8 Å². The summed E-state index contributed by atoms with van der Waals surface area (Å²) in [4.78, 5) is 8.42. The van der Waals surface area contributed by atoms with E-state index in [0.29, 0.717) is 15.6 Å². The summed E-state index contributed by atoms with van der Waals surface area (Å²) in [6.45, 7) is 1.79. The fourth-order valence-electron chi connectivity index (χ4n) is 1.59. The maximum Gasteiger partial charge on any atom is 0.196 e. The first-order valence-corrected chi connectivity index (χ1v) is 6.41. The van der Waals surface area contributed by atoms with Crippen LogP contribution in [0.1, 0.15) is 18.5 Å². The minimum atomic E-state index is -0.371. The van der Waals surface area contributed by atoms with E-state index in [9.17, 15) is 4.39 Å². The molecular formula is C12H14FN5S. The zero-order chi connectivity index (χ0) is 14.0. The van der Waals surface area contributed by atoms with Gasteiger partial charge in [-0.25, -0.2) is 14.4 Å². The van der Waals surface area contributed by atoms with Crippen LogP contribution in [0.2, 0.25) is 0 Å². The molecule has 2 aromatic rings. The van der Waals surface area contributed by atoms with Gasteiger partial charge in [0.1, 0.15) is 17.5 Å². The zero-order valence-electron chi connectivity index (χ0n) is 10.3. The molecule has 1 aromatic carbocycles. The average molecular weight is 279 g/mol. The van der Waals surface area contributed by atoms with Crippen molar-refractivity contribution >= 4 is 23.4 Å². The van der Waals surface area contributed by atoms with Crippen molar-refractivity contribution < 1.29 is 4.39 Å². The summed E-state index contributed by atoms with van der Waals surface area (Å²) in [6.07, 6.45) is 0. The van der Waals surface area contributed by atoms with Crippen LogP contribution in [0.25, 0.3) is 0 Å². The van der Waals surface area contributed by atoms with Gasteiger partial charge in [-0.1, -0.05) is 12.1 Å². The van der Waals surface area contributed by atoms with E-state index in [0.717, 1.165) is 11.8 Å². The van der Waals surface area contributed by atoms with Gasteiger partial charge in [-0.15, -0.1) is 0 Å². The predicted molar refractivity (Wildman–Crippen MR) is 74.0 cm³/mol. The Labute approximate surface area is 114 Å². The largest absolute Gasteiger partial charge is 0.383 e. The highest BCUT2D eigenvalue weighted by molar-refractivity contribution is 7.99. The molecule has 1 aromatic heterocycles. The third kappa shape index (κ3) is 3.12. The molecule has 1 atom stereocenters. The molecule has 1 heterocycles. The lowest BCUT2D eigenvalue weighted by molar-refractivity contribution is 0.591. The maximum atomic E-state index is 13.9. The summed E-state index contributed by atoms with van der Waals surface area (Å²) in [7, 11) is 0. The number of hydrogen-bond donors (Lipinski definition) is 3. The van der Waals surface area contributed by atoms with Crippen molar-refractivity contribution in [3.8, 4) is 0 Å². The van der Waals surface area contributed by atoms with Crippen LogP contribution in [0, 0.1) is 5.82 Å². The molecule has 2 rings (SSSR count). The van der Waals surface area contributed by atoms with Crippen LogP contribution in [-0.2, 0) is 0 Å². The van der Waals surface area contributed by atoms with Crippen molar-refractivity contribution in [1.29, 1.82) is 0 Å². The first-order valence-electron chi connectivity index (χ1n) is 5.59.